The Kier molecular flexibility index (Phi) is 5.41. The highest BCUT2D eigenvalue weighted by Gasteiger charge is 2.13. The molecule has 0 heterocycles. The highest BCUT2D eigenvalue weighted by Crippen LogP contribution is 2.24. The number of carbonyl (C=O) groups is 1. The average Bonchev–Trinajstić information content (AvgIpc) is 2.58. The van der Waals surface area contributed by atoms with E-state index in [-0.39, 0.29) is 34.3 Å². The van der Waals surface area contributed by atoms with Gasteiger partial charge in [-0.05, 0) is 24.3 Å². The third kappa shape index (κ3) is 4.27. The number of carbonyl (C=O) groups excluding carboxylic acids is 1. The lowest BCUT2D eigenvalue weighted by Crippen LogP contribution is -2.00. The molecule has 4 N–H and O–H groups in total. The Hall–Kier alpha value is -3.47. The van der Waals surface area contributed by atoms with E-state index in [0.29, 0.717) is 5.56 Å². The highest BCUT2D eigenvalue weighted by atomic mass is 16.3. The molecule has 0 unspecified atom stereocenters. The predicted octanol–water partition coefficient (Wildman–Crippen LogP) is 3.43. The second-order valence-corrected chi connectivity index (χ2v) is 4.89. The van der Waals surface area contributed by atoms with Gasteiger partial charge in [0.1, 0.15) is 11.5 Å². The Morgan fingerprint density at radius 3 is 1.67 bits per heavy atom. The Balaban J connectivity index is 0.000000219. The third-order valence-electron chi connectivity index (χ3n) is 3.14. The molecule has 5 nitrogen and oxygen atoms in total. The molecule has 0 aromatic heterocycles. The third-order valence-corrected chi connectivity index (χ3v) is 3.14. The Morgan fingerprint density at radius 1 is 0.625 bits per heavy atom. The fraction of sp³-hybridized carbons (Fsp3) is 0. The molecule has 0 amide bonds. The van der Waals surface area contributed by atoms with Crippen molar-refractivity contribution in [2.24, 2.45) is 0 Å². The summed E-state index contributed by atoms with van der Waals surface area (Å²) >= 11 is 0. The van der Waals surface area contributed by atoms with Crippen LogP contribution in [0.4, 0.5) is 0 Å². The van der Waals surface area contributed by atoms with Crippen molar-refractivity contribution < 1.29 is 25.2 Å². The molecular formula is C19H16O5. The highest BCUT2D eigenvalue weighted by molar-refractivity contribution is 6.10. The first-order valence-corrected chi connectivity index (χ1v) is 7.07. The van der Waals surface area contributed by atoms with Gasteiger partial charge in [-0.25, -0.2) is 0 Å². The zero-order valence-electron chi connectivity index (χ0n) is 12.6. The van der Waals surface area contributed by atoms with Crippen molar-refractivity contribution in [3.05, 3.63) is 83.9 Å². The predicted molar refractivity (Wildman–Crippen MR) is 89.4 cm³/mol. The minimum Gasteiger partial charge on any atom is -0.508 e. The van der Waals surface area contributed by atoms with Gasteiger partial charge in [0.2, 0.25) is 0 Å². The summed E-state index contributed by atoms with van der Waals surface area (Å²) in [5.74, 6) is -0.700. The summed E-state index contributed by atoms with van der Waals surface area (Å²) in [5.41, 5.74) is 0.687. The van der Waals surface area contributed by atoms with Gasteiger partial charge in [-0.15, -0.1) is 0 Å². The van der Waals surface area contributed by atoms with Crippen LogP contribution < -0.4 is 0 Å². The van der Waals surface area contributed by atoms with Gasteiger partial charge in [0.15, 0.2) is 17.3 Å². The van der Waals surface area contributed by atoms with E-state index in [0.717, 1.165) is 6.07 Å². The molecule has 0 fully saturated rings. The summed E-state index contributed by atoms with van der Waals surface area (Å²) in [6.07, 6.45) is 0. The number of benzene rings is 3. The van der Waals surface area contributed by atoms with E-state index in [1.807, 2.05) is 6.07 Å². The van der Waals surface area contributed by atoms with E-state index in [9.17, 15) is 9.90 Å². The maximum absolute atomic E-state index is 11.9. The minimum absolute atomic E-state index is 0.0675. The number of hydrogen-bond donors (Lipinski definition) is 4. The average molecular weight is 324 g/mol. The van der Waals surface area contributed by atoms with Crippen LogP contribution >= 0.6 is 0 Å². The van der Waals surface area contributed by atoms with Gasteiger partial charge in [-0.2, -0.15) is 0 Å². The lowest BCUT2D eigenvalue weighted by atomic mass is 10.0. The Bertz CT molecular complexity index is 807. The number of ketones is 1. The van der Waals surface area contributed by atoms with Crippen LogP contribution in [0.1, 0.15) is 15.9 Å². The number of hydrogen-bond acceptors (Lipinski definition) is 5. The van der Waals surface area contributed by atoms with Crippen LogP contribution in [0, 0.1) is 0 Å². The van der Waals surface area contributed by atoms with E-state index in [2.05, 4.69) is 0 Å². The van der Waals surface area contributed by atoms with Crippen LogP contribution in [0.25, 0.3) is 0 Å². The lowest BCUT2D eigenvalue weighted by molar-refractivity contribution is 0.103. The molecule has 3 rings (SSSR count). The van der Waals surface area contributed by atoms with Crippen molar-refractivity contribution in [2.75, 3.05) is 0 Å². The normalized spacial score (nSPS) is 9.67. The van der Waals surface area contributed by atoms with E-state index in [1.165, 1.54) is 24.3 Å². The monoisotopic (exact) mass is 324 g/mol. The minimum atomic E-state index is -0.266. The van der Waals surface area contributed by atoms with Crippen LogP contribution in [0.3, 0.4) is 0 Å². The van der Waals surface area contributed by atoms with Crippen molar-refractivity contribution in [3.63, 3.8) is 0 Å². The van der Waals surface area contributed by atoms with Gasteiger partial charge in [0.05, 0.1) is 5.56 Å². The molecule has 0 atom stereocenters. The van der Waals surface area contributed by atoms with E-state index < -0.39 is 0 Å². The van der Waals surface area contributed by atoms with Gasteiger partial charge in [-0.3, -0.25) is 4.79 Å². The zero-order chi connectivity index (χ0) is 17.5. The van der Waals surface area contributed by atoms with Gasteiger partial charge < -0.3 is 20.4 Å². The van der Waals surface area contributed by atoms with Crippen LogP contribution in [0.15, 0.2) is 72.8 Å². The maximum atomic E-state index is 11.9. The fourth-order valence-electron chi connectivity index (χ4n) is 1.92. The fourth-order valence-corrected chi connectivity index (χ4v) is 1.92. The summed E-state index contributed by atoms with van der Waals surface area (Å²) in [5, 5.41) is 36.0. The van der Waals surface area contributed by atoms with Crippen molar-refractivity contribution >= 4 is 5.78 Å². The molecule has 0 saturated heterocycles. The molecule has 0 aliphatic heterocycles. The van der Waals surface area contributed by atoms with Gasteiger partial charge >= 0.3 is 0 Å². The smallest absolute Gasteiger partial charge is 0.196 e. The van der Waals surface area contributed by atoms with Crippen LogP contribution in [-0.2, 0) is 0 Å². The van der Waals surface area contributed by atoms with Crippen LogP contribution in [0.5, 0.6) is 23.0 Å². The molecule has 24 heavy (non-hydrogen) atoms. The summed E-state index contributed by atoms with van der Waals surface area (Å²) in [6, 6.07) is 18.7. The maximum Gasteiger partial charge on any atom is 0.196 e. The topological polar surface area (TPSA) is 98.0 Å². The second-order valence-electron chi connectivity index (χ2n) is 4.89. The number of aromatic hydroxyl groups is 4. The molecule has 0 bridgehead atoms. The first kappa shape index (κ1) is 16.9. The SMILES string of the molecule is O=C(c1ccccc1)c1ccc(O)cc1O.Oc1ccccc1O. The molecule has 0 spiro atoms. The van der Waals surface area contributed by atoms with E-state index >= 15 is 0 Å². The summed E-state index contributed by atoms with van der Waals surface area (Å²) in [6.45, 7) is 0. The molecule has 0 aliphatic rings. The van der Waals surface area contributed by atoms with Crippen molar-refractivity contribution in [2.45, 2.75) is 0 Å². The van der Waals surface area contributed by atoms with Gasteiger partial charge in [0, 0.05) is 11.6 Å². The summed E-state index contributed by atoms with van der Waals surface area (Å²) in [4.78, 5) is 11.9. The molecule has 0 aliphatic carbocycles. The number of rotatable bonds is 2. The zero-order valence-corrected chi connectivity index (χ0v) is 12.6. The number of para-hydroxylation sites is 2. The lowest BCUT2D eigenvalue weighted by Gasteiger charge is -2.04. The molecular weight excluding hydrogens is 308 g/mol. The molecule has 5 heteroatoms. The van der Waals surface area contributed by atoms with Crippen molar-refractivity contribution in [1.82, 2.24) is 0 Å². The Morgan fingerprint density at radius 2 is 1.17 bits per heavy atom. The summed E-state index contributed by atoms with van der Waals surface area (Å²) in [7, 11) is 0. The largest absolute Gasteiger partial charge is 0.508 e. The summed E-state index contributed by atoms with van der Waals surface area (Å²) < 4.78 is 0. The van der Waals surface area contributed by atoms with Crippen LogP contribution in [0.2, 0.25) is 0 Å². The van der Waals surface area contributed by atoms with E-state index in [4.69, 9.17) is 15.3 Å². The molecule has 3 aromatic rings. The molecule has 3 aromatic carbocycles. The van der Waals surface area contributed by atoms with Crippen molar-refractivity contribution in [1.29, 1.82) is 0 Å². The molecule has 0 saturated carbocycles. The van der Waals surface area contributed by atoms with Gasteiger partial charge in [-0.1, -0.05) is 42.5 Å². The Labute approximate surface area is 138 Å². The second kappa shape index (κ2) is 7.69. The number of phenols is 4. The van der Waals surface area contributed by atoms with E-state index in [1.54, 1.807) is 36.4 Å². The molecule has 122 valence electrons. The first-order chi connectivity index (χ1) is 11.5. The molecule has 0 radical (unpaired) electrons. The quantitative estimate of drug-likeness (QED) is 0.428. The standard InChI is InChI=1S/C13H10O3.C6H6O2/c14-10-6-7-11(12(15)8-10)13(16)9-4-2-1-3-5-9;7-5-3-1-2-4-6(5)8/h1-8,14-15H;1-4,7-8H. The number of phenolic OH excluding ortho intramolecular Hbond substituents is 4. The first-order valence-electron chi connectivity index (χ1n) is 7.07. The van der Waals surface area contributed by atoms with Crippen molar-refractivity contribution in [3.8, 4) is 23.0 Å². The van der Waals surface area contributed by atoms with Gasteiger partial charge in [0.25, 0.3) is 0 Å². The van der Waals surface area contributed by atoms with Crippen LogP contribution in [-0.4, -0.2) is 26.2 Å².